The van der Waals surface area contributed by atoms with Gasteiger partial charge in [0.2, 0.25) is 0 Å². The van der Waals surface area contributed by atoms with Crippen LogP contribution in [0, 0.1) is 5.82 Å². The minimum atomic E-state index is -0.321. The zero-order chi connectivity index (χ0) is 8.27. The summed E-state index contributed by atoms with van der Waals surface area (Å²) in [5.74, 6) is -0.0290. The molecule has 0 fully saturated rings. The monoisotopic (exact) mass is 156 g/mol. The first kappa shape index (κ1) is 8.01. The third-order valence-electron chi connectivity index (χ3n) is 1.51. The molecule has 3 heteroatoms. The van der Waals surface area contributed by atoms with Crippen molar-refractivity contribution in [2.24, 2.45) is 0 Å². The van der Waals surface area contributed by atoms with Crippen LogP contribution in [0.1, 0.15) is 0 Å². The maximum Gasteiger partial charge on any atom is 0.165 e. The molecule has 1 aromatic carbocycles. The van der Waals surface area contributed by atoms with Gasteiger partial charge in [0.1, 0.15) is 5.69 Å². The van der Waals surface area contributed by atoms with Crippen LogP contribution in [-0.4, -0.2) is 14.2 Å². The molecule has 0 unspecified atom stereocenters. The summed E-state index contributed by atoms with van der Waals surface area (Å²) in [6, 6.07) is 4.77. The van der Waals surface area contributed by atoms with Crippen molar-refractivity contribution < 1.29 is 14.4 Å². The second kappa shape index (κ2) is 3.34. The van der Waals surface area contributed by atoms with Crippen molar-refractivity contribution in [2.75, 3.05) is 14.2 Å². The Morgan fingerprint density at radius 3 is 2.73 bits per heavy atom. The number of quaternary nitrogens is 1. The summed E-state index contributed by atoms with van der Waals surface area (Å²) in [5, 5.41) is 1.89. The predicted molar refractivity (Wildman–Crippen MR) is 40.5 cm³/mol. The first-order chi connectivity index (χ1) is 5.27. The van der Waals surface area contributed by atoms with Gasteiger partial charge in [-0.15, -0.1) is 0 Å². The number of hydrogen-bond donors (Lipinski definition) is 1. The molecule has 1 aromatic rings. The van der Waals surface area contributed by atoms with Gasteiger partial charge < -0.3 is 10.1 Å². The second-order valence-corrected chi connectivity index (χ2v) is 2.18. The first-order valence-corrected chi connectivity index (χ1v) is 3.41. The van der Waals surface area contributed by atoms with E-state index in [1.807, 2.05) is 12.4 Å². The van der Waals surface area contributed by atoms with Gasteiger partial charge in [-0.1, -0.05) is 0 Å². The van der Waals surface area contributed by atoms with Crippen LogP contribution in [0.25, 0.3) is 0 Å². The fraction of sp³-hybridized carbons (Fsp3) is 0.250. The molecule has 11 heavy (non-hydrogen) atoms. The number of benzene rings is 1. The Morgan fingerprint density at radius 1 is 1.45 bits per heavy atom. The van der Waals surface area contributed by atoms with Crippen molar-refractivity contribution >= 4 is 5.69 Å². The molecule has 1 rings (SSSR count). The lowest BCUT2D eigenvalue weighted by atomic mass is 10.3. The van der Waals surface area contributed by atoms with Crippen molar-refractivity contribution in [3.05, 3.63) is 24.0 Å². The molecular formula is C8H11FNO+. The molecule has 60 valence electrons. The Hall–Kier alpha value is -1.09. The third kappa shape index (κ3) is 1.68. The van der Waals surface area contributed by atoms with Crippen molar-refractivity contribution in [1.82, 2.24) is 0 Å². The van der Waals surface area contributed by atoms with E-state index in [0.29, 0.717) is 5.75 Å². The number of halogens is 1. The third-order valence-corrected chi connectivity index (χ3v) is 1.51. The summed E-state index contributed by atoms with van der Waals surface area (Å²) < 4.78 is 17.6. The Bertz CT molecular complexity index is 250. The van der Waals surface area contributed by atoms with Gasteiger partial charge in [0, 0.05) is 12.1 Å². The van der Waals surface area contributed by atoms with E-state index in [9.17, 15) is 4.39 Å². The van der Waals surface area contributed by atoms with E-state index in [-0.39, 0.29) is 5.82 Å². The van der Waals surface area contributed by atoms with Crippen LogP contribution >= 0.6 is 0 Å². The number of rotatable bonds is 2. The van der Waals surface area contributed by atoms with E-state index in [1.165, 1.54) is 13.2 Å². The van der Waals surface area contributed by atoms with E-state index >= 15 is 0 Å². The Kier molecular flexibility index (Phi) is 2.44. The highest BCUT2D eigenvalue weighted by molar-refractivity contribution is 5.38. The average molecular weight is 156 g/mol. The molecule has 0 aliphatic carbocycles. The number of ether oxygens (including phenoxy) is 1. The van der Waals surface area contributed by atoms with Crippen molar-refractivity contribution in [1.29, 1.82) is 0 Å². The highest BCUT2D eigenvalue weighted by atomic mass is 19.1. The van der Waals surface area contributed by atoms with Crippen LogP contribution in [0.3, 0.4) is 0 Å². The quantitative estimate of drug-likeness (QED) is 0.625. The summed E-state index contributed by atoms with van der Waals surface area (Å²) in [5.41, 5.74) is 0.961. The largest absolute Gasteiger partial charge is 0.493 e. The smallest absolute Gasteiger partial charge is 0.165 e. The molecule has 0 heterocycles. The van der Waals surface area contributed by atoms with Crippen LogP contribution in [0.5, 0.6) is 5.75 Å². The van der Waals surface area contributed by atoms with Crippen LogP contribution in [0.4, 0.5) is 10.1 Å². The van der Waals surface area contributed by atoms with E-state index in [1.54, 1.807) is 12.1 Å². The highest BCUT2D eigenvalue weighted by Crippen LogP contribution is 2.18. The van der Waals surface area contributed by atoms with Gasteiger partial charge in [0.25, 0.3) is 0 Å². The Labute approximate surface area is 65.0 Å². The number of nitrogens with two attached hydrogens (primary N) is 1. The Balaban J connectivity index is 3.02. The molecule has 0 radical (unpaired) electrons. The molecule has 0 atom stereocenters. The maximum atomic E-state index is 12.8. The average Bonchev–Trinajstić information content (AvgIpc) is 2.05. The van der Waals surface area contributed by atoms with Crippen molar-refractivity contribution in [3.63, 3.8) is 0 Å². The van der Waals surface area contributed by atoms with Gasteiger partial charge >= 0.3 is 0 Å². The number of hydrogen-bond acceptors (Lipinski definition) is 1. The lowest BCUT2D eigenvalue weighted by molar-refractivity contribution is -0.539. The summed E-state index contributed by atoms with van der Waals surface area (Å²) in [6.45, 7) is 0. The van der Waals surface area contributed by atoms with Crippen molar-refractivity contribution in [3.8, 4) is 5.75 Å². The molecule has 2 N–H and O–H groups in total. The van der Waals surface area contributed by atoms with Gasteiger partial charge in [0.05, 0.1) is 14.2 Å². The van der Waals surface area contributed by atoms with Crippen LogP contribution < -0.4 is 10.1 Å². The van der Waals surface area contributed by atoms with Gasteiger partial charge in [-0.05, 0) is 6.07 Å². The van der Waals surface area contributed by atoms with Crippen LogP contribution in [0.2, 0.25) is 0 Å². The molecule has 2 nitrogen and oxygen atoms in total. The zero-order valence-electron chi connectivity index (χ0n) is 6.60. The molecule has 0 saturated carbocycles. The summed E-state index contributed by atoms with van der Waals surface area (Å²) in [6.07, 6.45) is 0. The molecular weight excluding hydrogens is 145 g/mol. The van der Waals surface area contributed by atoms with Gasteiger partial charge in [-0.25, -0.2) is 4.39 Å². The van der Waals surface area contributed by atoms with Gasteiger partial charge in [-0.2, -0.15) is 0 Å². The van der Waals surface area contributed by atoms with Gasteiger partial charge in [-0.3, -0.25) is 0 Å². The first-order valence-electron chi connectivity index (χ1n) is 3.41. The van der Waals surface area contributed by atoms with E-state index in [2.05, 4.69) is 0 Å². The normalized spacial score (nSPS) is 9.73. The predicted octanol–water partition coefficient (Wildman–Crippen LogP) is 0.659. The molecule has 0 bridgehead atoms. The highest BCUT2D eigenvalue weighted by Gasteiger charge is 2.03. The summed E-state index contributed by atoms with van der Waals surface area (Å²) >= 11 is 0. The van der Waals surface area contributed by atoms with E-state index < -0.39 is 0 Å². The SMILES string of the molecule is C[NH2+]c1ccc(F)c(OC)c1. The minimum Gasteiger partial charge on any atom is -0.493 e. The zero-order valence-corrected chi connectivity index (χ0v) is 6.60. The fourth-order valence-corrected chi connectivity index (χ4v) is 0.856. The van der Waals surface area contributed by atoms with E-state index in [4.69, 9.17) is 4.74 Å². The maximum absolute atomic E-state index is 12.8. The van der Waals surface area contributed by atoms with Crippen LogP contribution in [0.15, 0.2) is 18.2 Å². The number of methoxy groups -OCH3 is 1. The minimum absolute atomic E-state index is 0.292. The molecule has 0 spiro atoms. The molecule has 0 amide bonds. The van der Waals surface area contributed by atoms with Gasteiger partial charge in [0.15, 0.2) is 11.6 Å². The Morgan fingerprint density at radius 2 is 2.18 bits per heavy atom. The van der Waals surface area contributed by atoms with Crippen molar-refractivity contribution in [2.45, 2.75) is 0 Å². The van der Waals surface area contributed by atoms with E-state index in [0.717, 1.165) is 5.69 Å². The lowest BCUT2D eigenvalue weighted by Gasteiger charge is -2.01. The molecule has 0 aromatic heterocycles. The molecule has 0 saturated heterocycles. The molecule has 0 aliphatic rings. The van der Waals surface area contributed by atoms with Crippen LogP contribution in [-0.2, 0) is 0 Å². The molecule has 0 aliphatic heterocycles. The fourth-order valence-electron chi connectivity index (χ4n) is 0.856. The standard InChI is InChI=1S/C8H10FNO/c1-10-6-3-4-7(9)8(5-6)11-2/h3-5,10H,1-2H3/p+1. The second-order valence-electron chi connectivity index (χ2n) is 2.18. The summed E-state index contributed by atoms with van der Waals surface area (Å²) in [4.78, 5) is 0. The summed E-state index contributed by atoms with van der Waals surface area (Å²) in [7, 11) is 3.35. The topological polar surface area (TPSA) is 25.8 Å². The lowest BCUT2D eigenvalue weighted by Crippen LogP contribution is -2.72.